The van der Waals surface area contributed by atoms with Crippen molar-refractivity contribution in [2.75, 3.05) is 12.3 Å². The average molecular weight is 573 g/mol. The van der Waals surface area contributed by atoms with E-state index in [4.69, 9.17) is 47.7 Å². The van der Waals surface area contributed by atoms with Crippen molar-refractivity contribution >= 4 is 53.0 Å². The summed E-state index contributed by atoms with van der Waals surface area (Å²) in [7, 11) is 0. The van der Waals surface area contributed by atoms with Crippen LogP contribution in [0.4, 0.5) is 10.2 Å². The Kier molecular flexibility index (Phi) is 8.32. The summed E-state index contributed by atoms with van der Waals surface area (Å²) in [5.41, 5.74) is 6.41. The molecule has 1 aliphatic heterocycles. The van der Waals surface area contributed by atoms with Crippen LogP contribution in [0.3, 0.4) is 0 Å². The second kappa shape index (κ2) is 11.1. The topological polar surface area (TPSA) is 136 Å². The standard InChI is InChI=1S/C22H27ClFN6O5PS/c1-13(2)33-20(31)14(3)29-36(37,35-15-7-5-4-6-8-15)32-10-16-9-22(23,24)21(34-16)30-12-28-17-18(25)26-11-27-19(17)30/h4-8,11-14,16,21H,9-10H2,1-3H3,(H,29,37)(H2,25,26,27)/t14-,16+,21-,22-,36-/m1/s1. The SMILES string of the molecule is CC(C)OC(=O)[C@@H](C)N[P@@](=S)(OC[C@@H]1C[C@](F)(Cl)[C@H](n2cnc3c(N)ncnc32)O1)Oc1ccccc1. The van der Waals surface area contributed by atoms with Crippen molar-refractivity contribution in [2.45, 2.75) is 56.8 Å². The van der Waals surface area contributed by atoms with Crippen molar-refractivity contribution in [1.29, 1.82) is 0 Å². The number of anilines is 1. The summed E-state index contributed by atoms with van der Waals surface area (Å²) in [5.74, 6) is 0.0707. The minimum atomic E-state index is -3.33. The van der Waals surface area contributed by atoms with Crippen LogP contribution in [0, 0.1) is 0 Å². The van der Waals surface area contributed by atoms with Crippen molar-refractivity contribution in [3.05, 3.63) is 43.0 Å². The number of nitrogens with one attached hydrogen (secondary N) is 1. The molecule has 200 valence electrons. The van der Waals surface area contributed by atoms with Gasteiger partial charge in [-0.2, -0.15) is 0 Å². The molecule has 1 aliphatic rings. The molecule has 5 atom stereocenters. The van der Waals surface area contributed by atoms with E-state index in [0.717, 1.165) is 0 Å². The number of imidazole rings is 1. The number of para-hydroxylation sites is 1. The maximum absolute atomic E-state index is 15.5. The maximum atomic E-state index is 15.5. The fourth-order valence-electron chi connectivity index (χ4n) is 3.66. The normalized spacial score (nSPS) is 24.2. The number of halogens is 2. The quantitative estimate of drug-likeness (QED) is 0.208. The van der Waals surface area contributed by atoms with Crippen molar-refractivity contribution in [3.8, 4) is 5.75 Å². The van der Waals surface area contributed by atoms with E-state index >= 15 is 4.39 Å². The number of alkyl halides is 2. The number of nitrogen functional groups attached to an aromatic ring is 1. The summed E-state index contributed by atoms with van der Waals surface area (Å²) in [6.07, 6.45) is -0.00467. The number of fused-ring (bicyclic) bond motifs is 1. The molecule has 15 heteroatoms. The molecule has 0 unspecified atom stereocenters. The molecule has 3 N–H and O–H groups in total. The van der Waals surface area contributed by atoms with Gasteiger partial charge in [0.15, 0.2) is 17.7 Å². The molecule has 0 radical (unpaired) electrons. The van der Waals surface area contributed by atoms with Crippen LogP contribution >= 0.6 is 18.2 Å². The predicted octanol–water partition coefficient (Wildman–Crippen LogP) is 3.85. The average Bonchev–Trinajstić information content (AvgIpc) is 3.38. The summed E-state index contributed by atoms with van der Waals surface area (Å²) >= 11 is 11.9. The second-order valence-corrected chi connectivity index (χ2v) is 12.5. The molecule has 37 heavy (non-hydrogen) atoms. The lowest BCUT2D eigenvalue weighted by Gasteiger charge is -2.27. The van der Waals surface area contributed by atoms with Gasteiger partial charge in [0, 0.05) is 6.42 Å². The van der Waals surface area contributed by atoms with E-state index in [1.54, 1.807) is 45.0 Å². The Morgan fingerprint density at radius 1 is 1.35 bits per heavy atom. The van der Waals surface area contributed by atoms with Crippen molar-refractivity contribution in [1.82, 2.24) is 24.6 Å². The van der Waals surface area contributed by atoms with Crippen LogP contribution in [-0.4, -0.2) is 55.5 Å². The van der Waals surface area contributed by atoms with Crippen LogP contribution in [0.25, 0.3) is 11.2 Å². The van der Waals surface area contributed by atoms with Gasteiger partial charge in [-0.1, -0.05) is 29.8 Å². The molecule has 3 heterocycles. The largest absolute Gasteiger partial charge is 0.462 e. The fraction of sp³-hybridized carbons (Fsp3) is 0.455. The lowest BCUT2D eigenvalue weighted by Crippen LogP contribution is -2.36. The molecule has 3 aromatic rings. The van der Waals surface area contributed by atoms with E-state index in [2.05, 4.69) is 20.0 Å². The van der Waals surface area contributed by atoms with Crippen LogP contribution in [-0.2, 0) is 30.6 Å². The van der Waals surface area contributed by atoms with Gasteiger partial charge in [-0.05, 0) is 44.7 Å². The molecule has 0 saturated carbocycles. The Morgan fingerprint density at radius 2 is 2.08 bits per heavy atom. The molecule has 0 spiro atoms. The van der Waals surface area contributed by atoms with Gasteiger partial charge in [0.2, 0.25) is 5.13 Å². The Labute approximate surface area is 223 Å². The van der Waals surface area contributed by atoms with E-state index in [1.807, 2.05) is 6.07 Å². The summed E-state index contributed by atoms with van der Waals surface area (Å²) in [6, 6.07) is 7.94. The van der Waals surface area contributed by atoms with Gasteiger partial charge in [0.25, 0.3) is 0 Å². The number of rotatable bonds is 10. The first-order chi connectivity index (χ1) is 17.5. The van der Waals surface area contributed by atoms with Crippen molar-refractivity contribution < 1.29 is 27.7 Å². The highest BCUT2D eigenvalue weighted by molar-refractivity contribution is 8.09. The highest BCUT2D eigenvalue weighted by Gasteiger charge is 2.50. The first-order valence-corrected chi connectivity index (χ1v) is 14.4. The number of carbonyl (C=O) groups is 1. The van der Waals surface area contributed by atoms with Gasteiger partial charge in [-0.25, -0.2) is 24.4 Å². The Bertz CT molecular complexity index is 1300. The fourth-order valence-corrected chi connectivity index (χ4v) is 6.42. The summed E-state index contributed by atoms with van der Waals surface area (Å²) in [4.78, 5) is 24.5. The minimum absolute atomic E-state index is 0.149. The van der Waals surface area contributed by atoms with Crippen LogP contribution in [0.15, 0.2) is 43.0 Å². The number of carbonyl (C=O) groups excluding carboxylic acids is 1. The summed E-state index contributed by atoms with van der Waals surface area (Å²) < 4.78 is 39.9. The number of nitrogens with two attached hydrogens (primary N) is 1. The van der Waals surface area contributed by atoms with E-state index in [1.165, 1.54) is 17.2 Å². The first-order valence-electron chi connectivity index (χ1n) is 11.4. The zero-order chi connectivity index (χ0) is 26.8. The third-order valence-corrected chi connectivity index (χ3v) is 8.12. The monoisotopic (exact) mass is 572 g/mol. The van der Waals surface area contributed by atoms with Crippen LogP contribution in [0.1, 0.15) is 33.4 Å². The smallest absolute Gasteiger partial charge is 0.323 e. The molecule has 0 aliphatic carbocycles. The minimum Gasteiger partial charge on any atom is -0.462 e. The predicted molar refractivity (Wildman–Crippen MR) is 139 cm³/mol. The molecule has 4 rings (SSSR count). The Hall–Kier alpha value is -2.41. The molecule has 0 bridgehead atoms. The number of hydrogen-bond donors (Lipinski definition) is 2. The van der Waals surface area contributed by atoms with E-state index in [-0.39, 0.29) is 30.6 Å². The van der Waals surface area contributed by atoms with Gasteiger partial charge < -0.3 is 24.3 Å². The van der Waals surface area contributed by atoms with Gasteiger partial charge in [-0.15, -0.1) is 0 Å². The number of benzene rings is 1. The molecule has 1 aromatic carbocycles. The van der Waals surface area contributed by atoms with Gasteiger partial charge in [0.05, 0.1) is 25.1 Å². The Morgan fingerprint density at radius 3 is 2.78 bits per heavy atom. The summed E-state index contributed by atoms with van der Waals surface area (Å²) in [5, 5.41) is 0.640. The van der Waals surface area contributed by atoms with Gasteiger partial charge >= 0.3 is 12.6 Å². The molecular weight excluding hydrogens is 546 g/mol. The van der Waals surface area contributed by atoms with Gasteiger partial charge in [-0.3, -0.25) is 9.36 Å². The zero-order valence-electron chi connectivity index (χ0n) is 20.3. The lowest BCUT2D eigenvalue weighted by atomic mass is 10.2. The molecule has 1 fully saturated rings. The van der Waals surface area contributed by atoms with Crippen molar-refractivity contribution in [3.63, 3.8) is 0 Å². The zero-order valence-corrected chi connectivity index (χ0v) is 22.8. The first kappa shape index (κ1) is 27.6. The number of esters is 1. The molecule has 11 nitrogen and oxygen atoms in total. The van der Waals surface area contributed by atoms with E-state index < -0.39 is 36.1 Å². The van der Waals surface area contributed by atoms with E-state index in [0.29, 0.717) is 11.3 Å². The number of aromatic nitrogens is 4. The Balaban J connectivity index is 1.50. The van der Waals surface area contributed by atoms with E-state index in [9.17, 15) is 4.79 Å². The second-order valence-electron chi connectivity index (χ2n) is 8.69. The van der Waals surface area contributed by atoms with Crippen LogP contribution in [0.5, 0.6) is 5.75 Å². The molecule has 0 amide bonds. The molecular formula is C22H27ClFN6O5PS. The summed E-state index contributed by atoms with van der Waals surface area (Å²) in [6.45, 7) is 1.57. The lowest BCUT2D eigenvalue weighted by molar-refractivity contribution is -0.149. The van der Waals surface area contributed by atoms with Crippen LogP contribution in [0.2, 0.25) is 0 Å². The molecule has 2 aromatic heterocycles. The third kappa shape index (κ3) is 6.54. The maximum Gasteiger partial charge on any atom is 0.323 e. The highest BCUT2D eigenvalue weighted by atomic mass is 35.5. The number of nitrogens with zero attached hydrogens (tertiary/aromatic N) is 4. The number of hydrogen-bond acceptors (Lipinski definition) is 10. The number of ether oxygens (including phenoxy) is 2. The third-order valence-electron chi connectivity index (χ3n) is 5.28. The molecule has 1 saturated heterocycles. The van der Waals surface area contributed by atoms with Crippen molar-refractivity contribution in [2.24, 2.45) is 0 Å². The van der Waals surface area contributed by atoms with Gasteiger partial charge in [0.1, 0.15) is 23.6 Å². The highest BCUT2D eigenvalue weighted by Crippen LogP contribution is 2.49. The van der Waals surface area contributed by atoms with Crippen LogP contribution < -0.4 is 15.3 Å².